The zero-order valence-corrected chi connectivity index (χ0v) is 13.1. The van der Waals surface area contributed by atoms with Crippen LogP contribution in [-0.4, -0.2) is 12.5 Å². The highest BCUT2D eigenvalue weighted by atomic mass is 35.5. The van der Waals surface area contributed by atoms with E-state index in [2.05, 4.69) is 10.6 Å². The molecule has 0 saturated heterocycles. The Morgan fingerprint density at radius 2 is 2.00 bits per heavy atom. The minimum atomic E-state index is -0.152. The van der Waals surface area contributed by atoms with Crippen molar-refractivity contribution in [3.63, 3.8) is 0 Å². The van der Waals surface area contributed by atoms with E-state index in [1.54, 1.807) is 42.5 Å². The van der Waals surface area contributed by atoms with Crippen LogP contribution < -0.4 is 10.6 Å². The van der Waals surface area contributed by atoms with Gasteiger partial charge in [0.1, 0.15) is 0 Å². The summed E-state index contributed by atoms with van der Waals surface area (Å²) in [5, 5.41) is 15.7. The van der Waals surface area contributed by atoms with Gasteiger partial charge in [-0.25, -0.2) is 0 Å². The van der Waals surface area contributed by atoms with Crippen LogP contribution in [0.2, 0.25) is 10.0 Å². The summed E-state index contributed by atoms with van der Waals surface area (Å²) >= 11 is 11.9. The zero-order valence-electron chi connectivity index (χ0n) is 11.6. The van der Waals surface area contributed by atoms with E-state index in [1.807, 2.05) is 6.07 Å². The quantitative estimate of drug-likeness (QED) is 0.856. The second-order valence-electron chi connectivity index (χ2n) is 4.54. The molecule has 4 nitrogen and oxygen atoms in total. The summed E-state index contributed by atoms with van der Waals surface area (Å²) in [6.45, 7) is 0.420. The van der Waals surface area contributed by atoms with Gasteiger partial charge in [0.15, 0.2) is 0 Å². The highest BCUT2D eigenvalue weighted by Crippen LogP contribution is 2.25. The van der Waals surface area contributed by atoms with Gasteiger partial charge in [0.05, 0.1) is 22.3 Å². The molecular weight excluding hydrogens is 321 g/mol. The molecule has 0 aromatic heterocycles. The predicted octanol–water partition coefficient (Wildman–Crippen LogP) is 4.31. The van der Waals surface area contributed by atoms with E-state index in [4.69, 9.17) is 28.5 Å². The Morgan fingerprint density at radius 3 is 2.77 bits per heavy atom. The second kappa shape index (κ2) is 7.69. The van der Waals surface area contributed by atoms with Gasteiger partial charge in [0.2, 0.25) is 5.91 Å². The Kier molecular flexibility index (Phi) is 5.65. The van der Waals surface area contributed by atoms with Crippen LogP contribution in [0.15, 0.2) is 42.5 Å². The standard InChI is InChI=1S/C16H13Cl2N3O/c17-12-4-5-14(18)15(9-12)20-7-6-16(22)21-13-3-1-2-11(8-13)10-19/h1-5,8-9,20H,6-7H2,(H,21,22). The highest BCUT2D eigenvalue weighted by Gasteiger charge is 2.05. The monoisotopic (exact) mass is 333 g/mol. The topological polar surface area (TPSA) is 64.9 Å². The number of benzene rings is 2. The SMILES string of the molecule is N#Cc1cccc(NC(=O)CCNc2cc(Cl)ccc2Cl)c1. The maximum atomic E-state index is 11.9. The molecule has 0 aliphatic carbocycles. The number of halogens is 2. The maximum Gasteiger partial charge on any atom is 0.226 e. The minimum Gasteiger partial charge on any atom is -0.383 e. The van der Waals surface area contributed by atoms with Crippen LogP contribution in [0.25, 0.3) is 0 Å². The van der Waals surface area contributed by atoms with Gasteiger partial charge < -0.3 is 10.6 Å². The van der Waals surface area contributed by atoms with Crippen molar-refractivity contribution in [1.29, 1.82) is 5.26 Å². The summed E-state index contributed by atoms with van der Waals surface area (Å²) in [5.74, 6) is -0.152. The van der Waals surface area contributed by atoms with Crippen molar-refractivity contribution in [2.75, 3.05) is 17.2 Å². The lowest BCUT2D eigenvalue weighted by molar-refractivity contribution is -0.115. The van der Waals surface area contributed by atoms with Crippen molar-refractivity contribution in [3.8, 4) is 6.07 Å². The van der Waals surface area contributed by atoms with E-state index >= 15 is 0 Å². The normalized spacial score (nSPS) is 9.86. The summed E-state index contributed by atoms with van der Waals surface area (Å²) in [5.41, 5.74) is 1.79. The molecule has 2 aromatic carbocycles. The molecule has 0 heterocycles. The molecule has 6 heteroatoms. The molecule has 112 valence electrons. The molecule has 0 fully saturated rings. The Bertz CT molecular complexity index is 726. The van der Waals surface area contributed by atoms with Gasteiger partial charge in [-0.15, -0.1) is 0 Å². The highest BCUT2D eigenvalue weighted by molar-refractivity contribution is 6.35. The van der Waals surface area contributed by atoms with E-state index in [9.17, 15) is 4.79 Å². The number of carbonyl (C=O) groups excluding carboxylic acids is 1. The van der Waals surface area contributed by atoms with Gasteiger partial charge in [0, 0.05) is 23.7 Å². The first kappa shape index (κ1) is 16.2. The number of nitrogens with one attached hydrogen (secondary N) is 2. The lowest BCUT2D eigenvalue weighted by Crippen LogP contribution is -2.16. The maximum absolute atomic E-state index is 11.9. The molecule has 0 aliphatic rings. The summed E-state index contributed by atoms with van der Waals surface area (Å²) < 4.78 is 0. The summed E-state index contributed by atoms with van der Waals surface area (Å²) in [6, 6.07) is 13.9. The van der Waals surface area contributed by atoms with Crippen LogP contribution >= 0.6 is 23.2 Å². The van der Waals surface area contributed by atoms with E-state index in [-0.39, 0.29) is 12.3 Å². The lowest BCUT2D eigenvalue weighted by atomic mass is 10.2. The fourth-order valence-corrected chi connectivity index (χ4v) is 2.19. The Labute approximate surface area is 138 Å². The third kappa shape index (κ3) is 4.66. The van der Waals surface area contributed by atoms with Crippen molar-refractivity contribution >= 4 is 40.5 Å². The van der Waals surface area contributed by atoms with Gasteiger partial charge in [-0.2, -0.15) is 5.26 Å². The molecule has 0 unspecified atom stereocenters. The van der Waals surface area contributed by atoms with Gasteiger partial charge >= 0.3 is 0 Å². The number of nitriles is 1. The van der Waals surface area contributed by atoms with Crippen LogP contribution in [0.3, 0.4) is 0 Å². The van der Waals surface area contributed by atoms with Crippen LogP contribution in [0.4, 0.5) is 11.4 Å². The average Bonchev–Trinajstić information content (AvgIpc) is 2.51. The molecule has 0 saturated carbocycles. The molecule has 0 spiro atoms. The largest absolute Gasteiger partial charge is 0.383 e. The molecule has 2 N–H and O–H groups in total. The molecular formula is C16H13Cl2N3O. The van der Waals surface area contributed by atoms with Crippen LogP contribution in [0.1, 0.15) is 12.0 Å². The number of nitrogens with zero attached hydrogens (tertiary/aromatic N) is 1. The van der Waals surface area contributed by atoms with Gasteiger partial charge in [-0.1, -0.05) is 29.3 Å². The lowest BCUT2D eigenvalue weighted by Gasteiger charge is -2.09. The zero-order chi connectivity index (χ0) is 15.9. The molecule has 22 heavy (non-hydrogen) atoms. The smallest absolute Gasteiger partial charge is 0.226 e. The van der Waals surface area contributed by atoms with Crippen molar-refractivity contribution < 1.29 is 4.79 Å². The number of amides is 1. The molecule has 0 atom stereocenters. The molecule has 0 radical (unpaired) electrons. The predicted molar refractivity (Wildman–Crippen MR) is 89.4 cm³/mol. The number of rotatable bonds is 5. The van der Waals surface area contributed by atoms with Gasteiger partial charge in [0.25, 0.3) is 0 Å². The van der Waals surface area contributed by atoms with E-state index in [0.717, 1.165) is 0 Å². The van der Waals surface area contributed by atoms with E-state index in [1.165, 1.54) is 0 Å². The van der Waals surface area contributed by atoms with Crippen molar-refractivity contribution in [2.45, 2.75) is 6.42 Å². The second-order valence-corrected chi connectivity index (χ2v) is 5.39. The molecule has 0 aliphatic heterocycles. The van der Waals surface area contributed by atoms with Crippen LogP contribution in [0, 0.1) is 11.3 Å². The third-order valence-electron chi connectivity index (χ3n) is 2.87. The van der Waals surface area contributed by atoms with Gasteiger partial charge in [-0.3, -0.25) is 4.79 Å². The van der Waals surface area contributed by atoms with Crippen LogP contribution in [-0.2, 0) is 4.79 Å². The van der Waals surface area contributed by atoms with Crippen LogP contribution in [0.5, 0.6) is 0 Å². The summed E-state index contributed by atoms with van der Waals surface area (Å²) in [4.78, 5) is 11.9. The fraction of sp³-hybridized carbons (Fsp3) is 0.125. The Hall–Kier alpha value is -2.22. The number of anilines is 2. The third-order valence-corrected chi connectivity index (χ3v) is 3.44. The van der Waals surface area contributed by atoms with Crippen molar-refractivity contribution in [3.05, 3.63) is 58.1 Å². The molecule has 0 bridgehead atoms. The summed E-state index contributed by atoms with van der Waals surface area (Å²) in [6.07, 6.45) is 0.264. The molecule has 2 rings (SSSR count). The first-order valence-corrected chi connectivity index (χ1v) is 7.33. The minimum absolute atomic E-state index is 0.152. The fourth-order valence-electron chi connectivity index (χ4n) is 1.83. The van der Waals surface area contributed by atoms with E-state index in [0.29, 0.717) is 33.5 Å². The first-order chi connectivity index (χ1) is 10.6. The molecule has 2 aromatic rings. The Morgan fingerprint density at radius 1 is 1.18 bits per heavy atom. The Balaban J connectivity index is 1.85. The number of hydrogen-bond donors (Lipinski definition) is 2. The number of hydrogen-bond acceptors (Lipinski definition) is 3. The van der Waals surface area contributed by atoms with Gasteiger partial charge in [-0.05, 0) is 36.4 Å². The average molecular weight is 334 g/mol. The van der Waals surface area contributed by atoms with Crippen molar-refractivity contribution in [2.24, 2.45) is 0 Å². The van der Waals surface area contributed by atoms with Crippen molar-refractivity contribution in [1.82, 2.24) is 0 Å². The summed E-state index contributed by atoms with van der Waals surface area (Å²) in [7, 11) is 0. The molecule has 1 amide bonds. The number of carbonyl (C=O) groups is 1. The van der Waals surface area contributed by atoms with E-state index < -0.39 is 0 Å². The first-order valence-electron chi connectivity index (χ1n) is 6.57.